The number of hydrogen-bond donors (Lipinski definition) is 2. The van der Waals surface area contributed by atoms with Gasteiger partial charge in [0.1, 0.15) is 5.69 Å². The van der Waals surface area contributed by atoms with Crippen molar-refractivity contribution in [1.82, 2.24) is 4.90 Å². The lowest BCUT2D eigenvalue weighted by Gasteiger charge is -2.19. The van der Waals surface area contributed by atoms with E-state index in [-0.39, 0.29) is 5.69 Å². The van der Waals surface area contributed by atoms with E-state index in [2.05, 4.69) is 24.2 Å². The van der Waals surface area contributed by atoms with E-state index >= 15 is 0 Å². The Hall–Kier alpha value is -1.66. The van der Waals surface area contributed by atoms with Gasteiger partial charge in [-0.15, -0.1) is 0 Å². The third-order valence-corrected chi connectivity index (χ3v) is 2.54. The zero-order valence-corrected chi connectivity index (χ0v) is 11.0. The molecule has 0 saturated heterocycles. The van der Waals surface area contributed by atoms with Gasteiger partial charge in [-0.3, -0.25) is 16.0 Å². The van der Waals surface area contributed by atoms with Gasteiger partial charge in [0.15, 0.2) is 0 Å². The van der Waals surface area contributed by atoms with Crippen molar-refractivity contribution < 1.29 is 4.92 Å². The van der Waals surface area contributed by atoms with Gasteiger partial charge < -0.3 is 10.3 Å². The van der Waals surface area contributed by atoms with Crippen LogP contribution in [0.25, 0.3) is 0 Å². The lowest BCUT2D eigenvalue weighted by atomic mass is 10.1. The molecule has 0 aliphatic rings. The number of nitrogen functional groups attached to an aromatic ring is 1. The van der Waals surface area contributed by atoms with Crippen molar-refractivity contribution in [3.63, 3.8) is 0 Å². The third kappa shape index (κ3) is 3.97. The lowest BCUT2D eigenvalue weighted by molar-refractivity contribution is -0.384. The second-order valence-corrected chi connectivity index (χ2v) is 4.84. The van der Waals surface area contributed by atoms with Crippen LogP contribution < -0.4 is 11.3 Å². The quantitative estimate of drug-likeness (QED) is 0.459. The molecule has 0 bridgehead atoms. The number of nitrogens with two attached hydrogens (primary N) is 1. The smallest absolute Gasteiger partial charge is 0.293 e. The number of rotatable bonds is 6. The summed E-state index contributed by atoms with van der Waals surface area (Å²) in [7, 11) is 2.00. The van der Waals surface area contributed by atoms with Crippen LogP contribution in [0.4, 0.5) is 11.4 Å². The lowest BCUT2D eigenvalue weighted by Crippen LogP contribution is -2.22. The molecule has 3 N–H and O–H groups in total. The Balaban J connectivity index is 2.85. The molecule has 1 aromatic rings. The summed E-state index contributed by atoms with van der Waals surface area (Å²) >= 11 is 0. The molecule has 6 nitrogen and oxygen atoms in total. The summed E-state index contributed by atoms with van der Waals surface area (Å²) in [5.74, 6) is 5.81. The fourth-order valence-electron chi connectivity index (χ4n) is 1.95. The van der Waals surface area contributed by atoms with E-state index in [4.69, 9.17) is 5.84 Å². The Kier molecular flexibility index (Phi) is 5.06. The number of nitro groups is 1. The minimum absolute atomic E-state index is 0.00736. The summed E-state index contributed by atoms with van der Waals surface area (Å²) in [4.78, 5) is 12.6. The van der Waals surface area contributed by atoms with Crippen LogP contribution in [0.2, 0.25) is 0 Å². The summed E-state index contributed by atoms with van der Waals surface area (Å²) in [5.41, 5.74) is 3.58. The monoisotopic (exact) mass is 252 g/mol. The molecule has 0 spiro atoms. The zero-order valence-electron chi connectivity index (χ0n) is 11.0. The molecule has 100 valence electrons. The maximum atomic E-state index is 10.9. The number of benzene rings is 1. The van der Waals surface area contributed by atoms with Crippen LogP contribution in [0.1, 0.15) is 19.4 Å². The van der Waals surface area contributed by atoms with Gasteiger partial charge in [0.2, 0.25) is 0 Å². The molecule has 0 saturated carbocycles. The second kappa shape index (κ2) is 6.32. The van der Waals surface area contributed by atoms with Gasteiger partial charge >= 0.3 is 0 Å². The highest BCUT2D eigenvalue weighted by molar-refractivity contribution is 5.61. The Morgan fingerprint density at radius 3 is 2.67 bits per heavy atom. The number of nitro benzene ring substituents is 1. The van der Waals surface area contributed by atoms with Crippen molar-refractivity contribution in [3.8, 4) is 0 Å². The molecule has 0 fully saturated rings. The minimum atomic E-state index is -0.429. The van der Waals surface area contributed by atoms with Crippen LogP contribution in [0.5, 0.6) is 0 Å². The van der Waals surface area contributed by atoms with E-state index in [0.717, 1.165) is 12.1 Å². The summed E-state index contributed by atoms with van der Waals surface area (Å²) in [6.07, 6.45) is 0. The van der Waals surface area contributed by atoms with Crippen molar-refractivity contribution in [2.45, 2.75) is 20.4 Å². The third-order valence-electron chi connectivity index (χ3n) is 2.54. The highest BCUT2D eigenvalue weighted by Gasteiger charge is 2.14. The van der Waals surface area contributed by atoms with Gasteiger partial charge in [0, 0.05) is 19.2 Å². The zero-order chi connectivity index (χ0) is 13.7. The summed E-state index contributed by atoms with van der Waals surface area (Å²) in [6, 6.07) is 5.04. The van der Waals surface area contributed by atoms with Gasteiger partial charge in [0.25, 0.3) is 5.69 Å². The maximum absolute atomic E-state index is 10.9. The van der Waals surface area contributed by atoms with Crippen molar-refractivity contribution in [2.75, 3.05) is 19.0 Å². The number of hydrogen-bond acceptors (Lipinski definition) is 5. The van der Waals surface area contributed by atoms with Crippen LogP contribution >= 0.6 is 0 Å². The van der Waals surface area contributed by atoms with Crippen molar-refractivity contribution in [3.05, 3.63) is 33.9 Å². The van der Waals surface area contributed by atoms with Crippen LogP contribution in [-0.2, 0) is 6.54 Å². The number of hydrazine groups is 1. The van der Waals surface area contributed by atoms with E-state index < -0.39 is 4.92 Å². The molecule has 0 aliphatic carbocycles. The first-order valence-electron chi connectivity index (χ1n) is 5.86. The van der Waals surface area contributed by atoms with E-state index in [1.54, 1.807) is 12.1 Å². The predicted octanol–water partition coefficient (Wildman–Crippen LogP) is 1.97. The highest BCUT2D eigenvalue weighted by Crippen LogP contribution is 2.25. The van der Waals surface area contributed by atoms with E-state index in [1.807, 2.05) is 13.1 Å². The molecule has 0 heterocycles. The summed E-state index contributed by atoms with van der Waals surface area (Å²) in [5, 5.41) is 10.9. The second-order valence-electron chi connectivity index (χ2n) is 4.84. The summed E-state index contributed by atoms with van der Waals surface area (Å²) in [6.45, 7) is 5.91. The van der Waals surface area contributed by atoms with Crippen molar-refractivity contribution >= 4 is 11.4 Å². The maximum Gasteiger partial charge on any atom is 0.293 e. The first-order valence-corrected chi connectivity index (χ1v) is 5.86. The normalized spacial score (nSPS) is 11.0. The van der Waals surface area contributed by atoms with Gasteiger partial charge in [-0.2, -0.15) is 0 Å². The van der Waals surface area contributed by atoms with E-state index in [1.165, 1.54) is 0 Å². The molecular weight excluding hydrogens is 232 g/mol. The van der Waals surface area contributed by atoms with Crippen molar-refractivity contribution in [2.24, 2.45) is 11.8 Å². The molecular formula is C12H20N4O2. The van der Waals surface area contributed by atoms with Gasteiger partial charge in [-0.25, -0.2) is 0 Å². The molecule has 0 amide bonds. The van der Waals surface area contributed by atoms with E-state index in [9.17, 15) is 10.1 Å². The summed E-state index contributed by atoms with van der Waals surface area (Å²) < 4.78 is 0. The average molecular weight is 252 g/mol. The fraction of sp³-hybridized carbons (Fsp3) is 0.500. The van der Waals surface area contributed by atoms with E-state index in [0.29, 0.717) is 18.2 Å². The molecule has 0 aliphatic heterocycles. The Morgan fingerprint density at radius 2 is 2.17 bits per heavy atom. The Bertz CT molecular complexity index is 421. The van der Waals surface area contributed by atoms with Gasteiger partial charge in [-0.05, 0) is 24.6 Å². The van der Waals surface area contributed by atoms with Crippen molar-refractivity contribution in [1.29, 1.82) is 0 Å². The van der Waals surface area contributed by atoms with Crippen LogP contribution in [0, 0.1) is 16.0 Å². The Labute approximate surface area is 107 Å². The topological polar surface area (TPSA) is 84.4 Å². The van der Waals surface area contributed by atoms with Gasteiger partial charge in [0.05, 0.1) is 4.92 Å². The van der Waals surface area contributed by atoms with Crippen LogP contribution in [0.3, 0.4) is 0 Å². The number of nitrogens with one attached hydrogen (secondary N) is 1. The Morgan fingerprint density at radius 1 is 1.50 bits per heavy atom. The highest BCUT2D eigenvalue weighted by atomic mass is 16.6. The molecule has 1 aromatic carbocycles. The molecule has 1 rings (SSSR count). The number of anilines is 1. The molecule has 0 unspecified atom stereocenters. The first kappa shape index (κ1) is 14.4. The minimum Gasteiger partial charge on any atom is -0.318 e. The average Bonchev–Trinajstić information content (AvgIpc) is 2.27. The largest absolute Gasteiger partial charge is 0.318 e. The van der Waals surface area contributed by atoms with Gasteiger partial charge in [-0.1, -0.05) is 19.9 Å². The molecule has 0 atom stereocenters. The standard InChI is InChI=1S/C12H20N4O2/c1-9(2)7-15(3)8-10-4-5-11(14-13)12(6-10)16(17)18/h4-6,9,14H,7-8,13H2,1-3H3. The van der Waals surface area contributed by atoms with Crippen LogP contribution in [0.15, 0.2) is 18.2 Å². The SMILES string of the molecule is CC(C)CN(C)Cc1ccc(NN)c([N+](=O)[O-])c1. The first-order chi connectivity index (χ1) is 8.43. The predicted molar refractivity (Wildman–Crippen MR) is 72.1 cm³/mol. The van der Waals surface area contributed by atoms with Crippen LogP contribution in [-0.4, -0.2) is 23.4 Å². The molecule has 6 heteroatoms. The fourth-order valence-corrected chi connectivity index (χ4v) is 1.95. The molecule has 0 radical (unpaired) electrons. The molecule has 0 aromatic heterocycles. The number of nitrogens with zero attached hydrogens (tertiary/aromatic N) is 2. The molecule has 18 heavy (non-hydrogen) atoms.